The van der Waals surface area contributed by atoms with Gasteiger partial charge >= 0.3 is 6.61 Å². The van der Waals surface area contributed by atoms with Crippen molar-refractivity contribution in [3.05, 3.63) is 47.3 Å². The molecule has 1 atom stereocenters. The number of fused-ring (bicyclic) bond motifs is 4. The third-order valence-electron chi connectivity index (χ3n) is 5.56. The van der Waals surface area contributed by atoms with Crippen molar-refractivity contribution in [2.45, 2.75) is 37.2 Å². The zero-order chi connectivity index (χ0) is 21.0. The van der Waals surface area contributed by atoms with Gasteiger partial charge < -0.3 is 10.1 Å². The van der Waals surface area contributed by atoms with E-state index in [0.29, 0.717) is 17.6 Å². The van der Waals surface area contributed by atoms with Crippen LogP contribution in [0.4, 0.5) is 18.9 Å². The summed E-state index contributed by atoms with van der Waals surface area (Å²) >= 11 is 0. The van der Waals surface area contributed by atoms with E-state index in [1.165, 1.54) is 16.6 Å². The van der Waals surface area contributed by atoms with Gasteiger partial charge in [0.15, 0.2) is 5.65 Å². The molecule has 0 saturated heterocycles. The van der Waals surface area contributed by atoms with Crippen LogP contribution < -0.4 is 10.1 Å². The number of anilines is 1. The largest absolute Gasteiger partial charge is 0.415 e. The van der Waals surface area contributed by atoms with Gasteiger partial charge in [0.1, 0.15) is 11.6 Å². The summed E-state index contributed by atoms with van der Waals surface area (Å²) in [4.78, 5) is 20.9. The van der Waals surface area contributed by atoms with Crippen LogP contribution in [-0.4, -0.2) is 32.1 Å². The van der Waals surface area contributed by atoms with Crippen molar-refractivity contribution >= 4 is 17.2 Å². The number of rotatable bonds is 4. The van der Waals surface area contributed by atoms with Crippen LogP contribution in [-0.2, 0) is 10.2 Å². The molecule has 1 N–H and O–H groups in total. The summed E-state index contributed by atoms with van der Waals surface area (Å²) in [6, 6.07) is 4.17. The summed E-state index contributed by atoms with van der Waals surface area (Å²) in [6.45, 7) is -3.12. The number of alkyl halides is 2. The van der Waals surface area contributed by atoms with E-state index in [4.69, 9.17) is 5.26 Å². The van der Waals surface area contributed by atoms with E-state index in [1.807, 2.05) is 0 Å². The third kappa shape index (κ3) is 2.83. The predicted octanol–water partition coefficient (Wildman–Crippen LogP) is 2.89. The zero-order valence-corrected chi connectivity index (χ0v) is 15.3. The summed E-state index contributed by atoms with van der Waals surface area (Å²) in [5.74, 6) is -2.06. The predicted molar refractivity (Wildman–Crippen MR) is 95.4 cm³/mol. The Labute approximate surface area is 167 Å². The van der Waals surface area contributed by atoms with Crippen molar-refractivity contribution in [2.75, 3.05) is 5.32 Å². The van der Waals surface area contributed by atoms with Gasteiger partial charge in [0.05, 0.1) is 23.5 Å². The molecule has 2 aliphatic rings. The first kappa shape index (κ1) is 18.4. The second-order valence-corrected chi connectivity index (χ2v) is 7.39. The van der Waals surface area contributed by atoms with Crippen molar-refractivity contribution in [3.63, 3.8) is 0 Å². The molecule has 152 valence electrons. The molecule has 30 heavy (non-hydrogen) atoms. The number of halogens is 3. The minimum atomic E-state index is -3.12. The lowest BCUT2D eigenvalue weighted by atomic mass is 9.99. The Morgan fingerprint density at radius 2 is 2.13 bits per heavy atom. The lowest BCUT2D eigenvalue weighted by Crippen LogP contribution is -2.20. The van der Waals surface area contributed by atoms with Crippen molar-refractivity contribution in [1.82, 2.24) is 19.6 Å². The van der Waals surface area contributed by atoms with Gasteiger partial charge in [-0.3, -0.25) is 4.79 Å². The van der Waals surface area contributed by atoms with Crippen LogP contribution in [0, 0.1) is 17.3 Å². The van der Waals surface area contributed by atoms with Crippen molar-refractivity contribution in [3.8, 4) is 11.9 Å². The Hall–Kier alpha value is -3.68. The van der Waals surface area contributed by atoms with Crippen LogP contribution >= 0.6 is 0 Å². The molecule has 0 bridgehead atoms. The molecule has 2 aliphatic carbocycles. The van der Waals surface area contributed by atoms with Gasteiger partial charge in [0.2, 0.25) is 17.7 Å². The molecular weight excluding hydrogens is 401 g/mol. The number of ether oxygens (including phenoxy) is 1. The van der Waals surface area contributed by atoms with Crippen LogP contribution in [0.5, 0.6) is 5.88 Å². The highest BCUT2D eigenvalue weighted by molar-refractivity contribution is 5.97. The molecule has 1 amide bonds. The Morgan fingerprint density at radius 1 is 1.33 bits per heavy atom. The molecule has 0 aliphatic heterocycles. The van der Waals surface area contributed by atoms with Gasteiger partial charge in [-0.2, -0.15) is 18.4 Å². The smallest absolute Gasteiger partial charge is 0.388 e. The highest BCUT2D eigenvalue weighted by atomic mass is 19.3. The fraction of sp³-hybridized carbons (Fsp3) is 0.316. The van der Waals surface area contributed by atoms with Crippen molar-refractivity contribution in [1.29, 1.82) is 5.26 Å². The second kappa shape index (κ2) is 6.41. The topological polar surface area (TPSA) is 105 Å². The van der Waals surface area contributed by atoms with Crippen LogP contribution in [0.1, 0.15) is 42.0 Å². The Bertz CT molecular complexity index is 1230. The molecule has 5 rings (SSSR count). The van der Waals surface area contributed by atoms with E-state index in [-0.39, 0.29) is 22.6 Å². The molecule has 1 fully saturated rings. The zero-order valence-electron chi connectivity index (χ0n) is 15.3. The Kier molecular flexibility index (Phi) is 3.92. The fourth-order valence-corrected chi connectivity index (χ4v) is 4.14. The van der Waals surface area contributed by atoms with Crippen molar-refractivity contribution < 1.29 is 22.7 Å². The van der Waals surface area contributed by atoms with Crippen LogP contribution in [0.15, 0.2) is 24.5 Å². The van der Waals surface area contributed by atoms with Gasteiger partial charge in [-0.1, -0.05) is 0 Å². The molecule has 8 nitrogen and oxygen atoms in total. The van der Waals surface area contributed by atoms with Gasteiger partial charge in [-0.15, -0.1) is 5.10 Å². The number of nitrogens with one attached hydrogen (secondary N) is 1. The first-order chi connectivity index (χ1) is 14.4. The maximum Gasteiger partial charge on any atom is 0.388 e. The first-order valence-corrected chi connectivity index (χ1v) is 9.11. The Balaban J connectivity index is 1.45. The lowest BCUT2D eigenvalue weighted by molar-refractivity contribution is -0.117. The number of carbonyl (C=O) groups is 1. The highest BCUT2D eigenvalue weighted by Gasteiger charge is 2.56. The summed E-state index contributed by atoms with van der Waals surface area (Å²) in [5.41, 5.74) is 1.57. The molecule has 3 aromatic heterocycles. The average Bonchev–Trinajstić information content (AvgIpc) is 3.25. The van der Waals surface area contributed by atoms with Gasteiger partial charge in [-0.25, -0.2) is 14.5 Å². The molecule has 3 heterocycles. The number of carbonyl (C=O) groups excluding carboxylic acids is 1. The highest BCUT2D eigenvalue weighted by Crippen LogP contribution is 2.60. The number of pyridine rings is 1. The monoisotopic (exact) mass is 414 g/mol. The van der Waals surface area contributed by atoms with E-state index in [2.05, 4.69) is 25.1 Å². The molecular formula is C19H13F3N6O2. The number of hydrogen-bond acceptors (Lipinski definition) is 6. The molecule has 3 aromatic rings. The SMILES string of the molecule is N#Cc1cc(NC(=O)C2CC3(CC3)c3c2cnc2cc(F)nn32)cnc1OC(F)F. The van der Waals surface area contributed by atoms with E-state index in [1.54, 1.807) is 12.3 Å². The number of nitriles is 1. The minimum absolute atomic E-state index is 0.177. The van der Waals surface area contributed by atoms with E-state index in [9.17, 15) is 18.0 Å². The molecule has 1 unspecified atom stereocenters. The van der Waals surface area contributed by atoms with Crippen LogP contribution in [0.25, 0.3) is 5.65 Å². The van der Waals surface area contributed by atoms with Gasteiger partial charge in [0.25, 0.3) is 0 Å². The quantitative estimate of drug-likeness (QED) is 0.704. The fourth-order valence-electron chi connectivity index (χ4n) is 4.14. The van der Waals surface area contributed by atoms with E-state index in [0.717, 1.165) is 24.7 Å². The summed E-state index contributed by atoms with van der Waals surface area (Å²) < 4.78 is 44.1. The molecule has 0 aromatic carbocycles. The van der Waals surface area contributed by atoms with Crippen LogP contribution in [0.3, 0.4) is 0 Å². The third-order valence-corrected chi connectivity index (χ3v) is 5.56. The standard InChI is InChI=1S/C19H13F3N6O2/c20-13-4-14-24-8-12-11(5-19(1-2-19)15(12)28(14)27-13)16(29)26-10-3-9(6-23)17(25-7-10)30-18(21)22/h3-4,7-8,11,18H,1-2,5H2,(H,26,29). The number of hydrogen-bond donors (Lipinski definition) is 1. The first-order valence-electron chi connectivity index (χ1n) is 9.11. The summed E-state index contributed by atoms with van der Waals surface area (Å²) in [7, 11) is 0. The second-order valence-electron chi connectivity index (χ2n) is 7.39. The van der Waals surface area contributed by atoms with Crippen LogP contribution in [0.2, 0.25) is 0 Å². The maximum atomic E-state index is 13.6. The number of aromatic nitrogens is 4. The molecule has 1 saturated carbocycles. The van der Waals surface area contributed by atoms with Gasteiger partial charge in [0, 0.05) is 23.2 Å². The summed E-state index contributed by atoms with van der Waals surface area (Å²) in [6.07, 6.45) is 4.97. The minimum Gasteiger partial charge on any atom is -0.415 e. The molecule has 0 radical (unpaired) electrons. The lowest BCUT2D eigenvalue weighted by Gasteiger charge is -2.13. The Morgan fingerprint density at radius 3 is 2.83 bits per heavy atom. The normalized spacial score (nSPS) is 18.4. The van der Waals surface area contributed by atoms with Gasteiger partial charge in [-0.05, 0) is 25.3 Å². The number of nitrogens with zero attached hydrogens (tertiary/aromatic N) is 5. The maximum absolute atomic E-state index is 13.6. The molecule has 1 spiro atoms. The average molecular weight is 414 g/mol. The number of amides is 1. The van der Waals surface area contributed by atoms with E-state index >= 15 is 0 Å². The molecule has 11 heteroatoms. The van der Waals surface area contributed by atoms with E-state index < -0.39 is 24.4 Å². The summed E-state index contributed by atoms with van der Waals surface area (Å²) in [5, 5.41) is 15.7. The van der Waals surface area contributed by atoms with Crippen molar-refractivity contribution in [2.24, 2.45) is 0 Å².